The number of thiazole rings is 1. The Morgan fingerprint density at radius 2 is 2.10 bits per heavy atom. The first-order valence-corrected chi connectivity index (χ1v) is 6.80. The summed E-state index contributed by atoms with van der Waals surface area (Å²) < 4.78 is 23.2. The fourth-order valence-corrected chi connectivity index (χ4v) is 2.46. The highest BCUT2D eigenvalue weighted by Gasteiger charge is 2.10. The van der Waals surface area contributed by atoms with Crippen LogP contribution in [0.3, 0.4) is 0 Å². The molecule has 2 aromatic rings. The van der Waals surface area contributed by atoms with Gasteiger partial charge >= 0.3 is 0 Å². The lowest BCUT2D eigenvalue weighted by atomic mass is 10.3. The summed E-state index contributed by atoms with van der Waals surface area (Å²) in [5, 5.41) is 9.82. The van der Waals surface area contributed by atoms with Gasteiger partial charge in [0.1, 0.15) is 22.5 Å². The highest BCUT2D eigenvalue weighted by molar-refractivity contribution is 7.12. The monoisotopic (exact) mass is 292 g/mol. The molecule has 0 atom stereocenters. The van der Waals surface area contributed by atoms with Crippen molar-refractivity contribution in [3.63, 3.8) is 0 Å². The van der Waals surface area contributed by atoms with Gasteiger partial charge in [-0.15, -0.1) is 11.3 Å². The Kier molecular flexibility index (Phi) is 5.04. The van der Waals surface area contributed by atoms with Crippen LogP contribution >= 0.6 is 11.3 Å². The highest BCUT2D eigenvalue weighted by atomic mass is 32.1. The Morgan fingerprint density at radius 1 is 1.35 bits per heavy atom. The Labute approximate surface area is 120 Å². The van der Waals surface area contributed by atoms with E-state index < -0.39 is 0 Å². The van der Waals surface area contributed by atoms with Gasteiger partial charge < -0.3 is 9.47 Å². The van der Waals surface area contributed by atoms with Crippen LogP contribution < -0.4 is 4.74 Å². The first-order chi connectivity index (χ1) is 9.72. The van der Waals surface area contributed by atoms with Gasteiger partial charge in [-0.1, -0.05) is 0 Å². The minimum absolute atomic E-state index is 0.292. The third-order valence-electron chi connectivity index (χ3n) is 2.52. The SMILES string of the molecule is COCc1nc(CCOc2ccc(F)cc2)sc1C#N. The smallest absolute Gasteiger partial charge is 0.130 e. The topological polar surface area (TPSA) is 55.1 Å². The molecule has 0 aliphatic rings. The fourth-order valence-electron chi connectivity index (χ4n) is 1.62. The number of hydrogen-bond acceptors (Lipinski definition) is 5. The molecule has 6 heteroatoms. The second-order valence-electron chi connectivity index (χ2n) is 3.98. The zero-order chi connectivity index (χ0) is 14.4. The number of hydrogen-bond donors (Lipinski definition) is 0. The van der Waals surface area contributed by atoms with Crippen LogP contribution in [0, 0.1) is 17.1 Å². The lowest BCUT2D eigenvalue weighted by Crippen LogP contribution is -2.01. The van der Waals surface area contributed by atoms with Gasteiger partial charge in [-0.2, -0.15) is 5.26 Å². The molecular weight excluding hydrogens is 279 g/mol. The van der Waals surface area contributed by atoms with E-state index in [2.05, 4.69) is 11.1 Å². The van der Waals surface area contributed by atoms with Crippen molar-refractivity contribution in [2.24, 2.45) is 0 Å². The van der Waals surface area contributed by atoms with Gasteiger partial charge in [0, 0.05) is 13.5 Å². The molecule has 0 aliphatic carbocycles. The standard InChI is InChI=1S/C14H13FN2O2S/c1-18-9-12-13(8-16)20-14(17-12)6-7-19-11-4-2-10(15)3-5-11/h2-5H,6-7,9H2,1H3. The Hall–Kier alpha value is -1.97. The number of ether oxygens (including phenoxy) is 2. The molecule has 0 N–H and O–H groups in total. The van der Waals surface area contributed by atoms with Crippen LogP contribution in [0.2, 0.25) is 0 Å². The molecule has 0 saturated heterocycles. The van der Waals surface area contributed by atoms with Gasteiger partial charge in [0.2, 0.25) is 0 Å². The average Bonchev–Trinajstić information content (AvgIpc) is 2.84. The van der Waals surface area contributed by atoms with E-state index in [1.165, 1.54) is 23.5 Å². The molecule has 0 spiro atoms. The van der Waals surface area contributed by atoms with Crippen molar-refractivity contribution in [3.05, 3.63) is 45.7 Å². The maximum absolute atomic E-state index is 12.7. The van der Waals surface area contributed by atoms with E-state index in [0.717, 1.165) is 5.01 Å². The molecule has 4 nitrogen and oxygen atoms in total. The third kappa shape index (κ3) is 3.76. The van der Waals surface area contributed by atoms with Gasteiger partial charge in [-0.3, -0.25) is 0 Å². The van der Waals surface area contributed by atoms with Crippen molar-refractivity contribution in [1.29, 1.82) is 5.26 Å². The van der Waals surface area contributed by atoms with Gasteiger partial charge in [0.05, 0.1) is 23.9 Å². The van der Waals surface area contributed by atoms with Crippen LogP contribution in [0.15, 0.2) is 24.3 Å². The number of halogens is 1. The maximum atomic E-state index is 12.7. The second kappa shape index (κ2) is 6.98. The summed E-state index contributed by atoms with van der Waals surface area (Å²) in [6.45, 7) is 0.759. The Morgan fingerprint density at radius 3 is 2.75 bits per heavy atom. The van der Waals surface area contributed by atoms with E-state index in [1.54, 1.807) is 19.2 Å². The average molecular weight is 292 g/mol. The number of nitrogens with zero attached hydrogens (tertiary/aromatic N) is 2. The minimum Gasteiger partial charge on any atom is -0.493 e. The predicted octanol–water partition coefficient (Wildman–Crippen LogP) is 2.92. The number of benzene rings is 1. The zero-order valence-corrected chi connectivity index (χ0v) is 11.7. The summed E-state index contributed by atoms with van der Waals surface area (Å²) >= 11 is 1.34. The second-order valence-corrected chi connectivity index (χ2v) is 5.06. The van der Waals surface area contributed by atoms with Crippen molar-refractivity contribution in [3.8, 4) is 11.8 Å². The van der Waals surface area contributed by atoms with Crippen molar-refractivity contribution >= 4 is 11.3 Å². The van der Waals surface area contributed by atoms with E-state index in [-0.39, 0.29) is 5.82 Å². The van der Waals surface area contributed by atoms with E-state index in [0.29, 0.717) is 36.0 Å². The number of nitriles is 1. The van der Waals surface area contributed by atoms with Crippen molar-refractivity contribution in [1.82, 2.24) is 4.98 Å². The van der Waals surface area contributed by atoms with Crippen molar-refractivity contribution in [2.45, 2.75) is 13.0 Å². The largest absolute Gasteiger partial charge is 0.493 e. The van der Waals surface area contributed by atoms with Crippen LogP contribution in [0.25, 0.3) is 0 Å². The normalized spacial score (nSPS) is 10.2. The molecule has 0 bridgehead atoms. The van der Waals surface area contributed by atoms with Crippen molar-refractivity contribution in [2.75, 3.05) is 13.7 Å². The molecule has 0 radical (unpaired) electrons. The quantitative estimate of drug-likeness (QED) is 0.821. The first kappa shape index (κ1) is 14.4. The predicted molar refractivity (Wildman–Crippen MR) is 73.1 cm³/mol. The van der Waals surface area contributed by atoms with Gasteiger partial charge in [-0.25, -0.2) is 9.37 Å². The summed E-state index contributed by atoms with van der Waals surface area (Å²) in [4.78, 5) is 4.92. The number of aromatic nitrogens is 1. The fraction of sp³-hybridized carbons (Fsp3) is 0.286. The van der Waals surface area contributed by atoms with Crippen LogP contribution in [0.5, 0.6) is 5.75 Å². The van der Waals surface area contributed by atoms with Gasteiger partial charge in [0.25, 0.3) is 0 Å². The van der Waals surface area contributed by atoms with Gasteiger partial charge in [0.15, 0.2) is 0 Å². The molecule has 1 heterocycles. The third-order valence-corrected chi connectivity index (χ3v) is 3.58. The molecule has 2 rings (SSSR count). The van der Waals surface area contributed by atoms with Gasteiger partial charge in [-0.05, 0) is 24.3 Å². The van der Waals surface area contributed by atoms with Crippen molar-refractivity contribution < 1.29 is 13.9 Å². The van der Waals surface area contributed by atoms with E-state index in [1.807, 2.05) is 0 Å². The summed E-state index contributed by atoms with van der Waals surface area (Å²) in [6, 6.07) is 7.96. The summed E-state index contributed by atoms with van der Waals surface area (Å²) in [5.41, 5.74) is 0.664. The molecule has 0 fully saturated rings. The number of rotatable bonds is 6. The highest BCUT2D eigenvalue weighted by Crippen LogP contribution is 2.19. The maximum Gasteiger partial charge on any atom is 0.130 e. The molecule has 1 aromatic heterocycles. The molecule has 0 amide bonds. The summed E-state index contributed by atoms with van der Waals surface area (Å²) in [6.07, 6.45) is 0.598. The zero-order valence-electron chi connectivity index (χ0n) is 10.9. The van der Waals surface area contributed by atoms with E-state index >= 15 is 0 Å². The minimum atomic E-state index is -0.292. The number of methoxy groups -OCH3 is 1. The first-order valence-electron chi connectivity index (χ1n) is 5.99. The lowest BCUT2D eigenvalue weighted by Gasteiger charge is -2.04. The van der Waals surface area contributed by atoms with Crippen LogP contribution in [0.4, 0.5) is 4.39 Å². The Balaban J connectivity index is 1.91. The molecule has 0 aliphatic heterocycles. The van der Waals surface area contributed by atoms with E-state index in [9.17, 15) is 4.39 Å². The van der Waals surface area contributed by atoms with E-state index in [4.69, 9.17) is 14.7 Å². The molecule has 1 aromatic carbocycles. The van der Waals surface area contributed by atoms with Crippen LogP contribution in [-0.4, -0.2) is 18.7 Å². The summed E-state index contributed by atoms with van der Waals surface area (Å²) in [5.74, 6) is 0.320. The lowest BCUT2D eigenvalue weighted by molar-refractivity contribution is 0.181. The molecule has 20 heavy (non-hydrogen) atoms. The molecule has 0 saturated carbocycles. The summed E-state index contributed by atoms with van der Waals surface area (Å²) in [7, 11) is 1.57. The van der Waals surface area contributed by atoms with Crippen LogP contribution in [0.1, 0.15) is 15.6 Å². The van der Waals surface area contributed by atoms with Crippen LogP contribution in [-0.2, 0) is 17.8 Å². The molecular formula is C14H13FN2O2S. The Bertz CT molecular complexity index is 605. The molecule has 0 unspecified atom stereocenters. The molecule has 104 valence electrons.